The molecule has 0 saturated heterocycles. The molecule has 0 amide bonds. The summed E-state index contributed by atoms with van der Waals surface area (Å²) in [6.45, 7) is 0. The number of hydrogen-bond acceptors (Lipinski definition) is 6. The van der Waals surface area contributed by atoms with Gasteiger partial charge in [-0.25, -0.2) is 4.98 Å². The lowest BCUT2D eigenvalue weighted by molar-refractivity contribution is 0.620. The molecule has 0 aliphatic rings. The monoisotopic (exact) mass is 361 g/mol. The Morgan fingerprint density at radius 2 is 1.64 bits per heavy atom. The van der Waals surface area contributed by atoms with Gasteiger partial charge in [0.2, 0.25) is 5.89 Å². The van der Waals surface area contributed by atoms with E-state index in [0.29, 0.717) is 22.7 Å². The second kappa shape index (κ2) is 6.96. The van der Waals surface area contributed by atoms with Crippen molar-refractivity contribution in [3.05, 3.63) is 71.9 Å². The summed E-state index contributed by atoms with van der Waals surface area (Å²) in [6.07, 6.45) is 0. The van der Waals surface area contributed by atoms with Crippen LogP contribution in [-0.2, 0) is 0 Å². The first-order valence-electron chi connectivity index (χ1n) is 8.33. The molecule has 0 aliphatic carbocycles. The van der Waals surface area contributed by atoms with E-state index in [4.69, 9.17) is 20.2 Å². The summed E-state index contributed by atoms with van der Waals surface area (Å²) in [6, 6.07) is 24.4. The van der Waals surface area contributed by atoms with Crippen LogP contribution in [0, 0.1) is 34.0 Å². The second-order valence-electron chi connectivity index (χ2n) is 5.97. The first-order valence-corrected chi connectivity index (χ1v) is 8.33. The summed E-state index contributed by atoms with van der Waals surface area (Å²) >= 11 is 0. The zero-order valence-corrected chi connectivity index (χ0v) is 14.5. The van der Waals surface area contributed by atoms with Crippen LogP contribution in [0.1, 0.15) is 0 Å². The number of hydrogen-bond donors (Lipinski definition) is 1. The summed E-state index contributed by atoms with van der Waals surface area (Å²) in [4.78, 5) is 4.53. The molecular formula is C22H11N5O. The zero-order valence-electron chi connectivity index (χ0n) is 14.5. The molecule has 4 rings (SSSR count). The highest BCUT2D eigenvalue weighted by Crippen LogP contribution is 2.28. The van der Waals surface area contributed by atoms with Gasteiger partial charge in [-0.1, -0.05) is 30.3 Å². The van der Waals surface area contributed by atoms with Gasteiger partial charge in [-0.15, -0.1) is 0 Å². The number of benzene rings is 3. The smallest absolute Gasteiger partial charge is 0.227 e. The molecule has 0 unspecified atom stereocenters. The van der Waals surface area contributed by atoms with Crippen molar-refractivity contribution >= 4 is 27.6 Å². The highest BCUT2D eigenvalue weighted by molar-refractivity contribution is 5.87. The maximum absolute atomic E-state index is 9.17. The predicted molar refractivity (Wildman–Crippen MR) is 104 cm³/mol. The highest BCUT2D eigenvalue weighted by Gasteiger charge is 2.11. The van der Waals surface area contributed by atoms with Gasteiger partial charge >= 0.3 is 0 Å². The van der Waals surface area contributed by atoms with Crippen molar-refractivity contribution in [1.29, 1.82) is 15.8 Å². The Bertz CT molecular complexity index is 1360. The van der Waals surface area contributed by atoms with Gasteiger partial charge in [0, 0.05) is 11.3 Å². The van der Waals surface area contributed by atoms with Crippen LogP contribution in [-0.4, -0.2) is 4.98 Å². The number of nitrogens with one attached hydrogen (secondary N) is 1. The molecule has 0 radical (unpaired) electrons. The summed E-state index contributed by atoms with van der Waals surface area (Å²) in [7, 11) is 0. The van der Waals surface area contributed by atoms with E-state index < -0.39 is 0 Å². The Balaban J connectivity index is 1.72. The molecule has 28 heavy (non-hydrogen) atoms. The van der Waals surface area contributed by atoms with Gasteiger partial charge in [0.1, 0.15) is 29.4 Å². The van der Waals surface area contributed by atoms with Crippen LogP contribution in [0.2, 0.25) is 0 Å². The predicted octanol–water partition coefficient (Wildman–Crippen LogP) is 4.88. The first-order chi connectivity index (χ1) is 13.7. The SMILES string of the molecule is N#CC(C#N)=C(C#N)Nc1ccc2oc(-c3ccc4ccccc4c3)nc2c1. The van der Waals surface area contributed by atoms with E-state index in [9.17, 15) is 0 Å². The average Bonchev–Trinajstić information content (AvgIpc) is 3.17. The number of aromatic nitrogens is 1. The van der Waals surface area contributed by atoms with Crippen molar-refractivity contribution in [3.63, 3.8) is 0 Å². The molecule has 6 nitrogen and oxygen atoms in total. The maximum Gasteiger partial charge on any atom is 0.227 e. The third-order valence-electron chi connectivity index (χ3n) is 4.24. The Hall–Kier alpha value is -4.60. The van der Waals surface area contributed by atoms with Gasteiger partial charge in [0.05, 0.1) is 0 Å². The number of rotatable bonds is 3. The van der Waals surface area contributed by atoms with Crippen LogP contribution in [0.5, 0.6) is 0 Å². The minimum atomic E-state index is -0.278. The summed E-state index contributed by atoms with van der Waals surface area (Å²) in [5, 5.41) is 32.0. The second-order valence-corrected chi connectivity index (χ2v) is 5.97. The van der Waals surface area contributed by atoms with E-state index in [1.54, 1.807) is 30.3 Å². The van der Waals surface area contributed by atoms with Crippen LogP contribution in [0.4, 0.5) is 5.69 Å². The topological polar surface area (TPSA) is 109 Å². The summed E-state index contributed by atoms with van der Waals surface area (Å²) in [5.41, 5.74) is 2.20. The average molecular weight is 361 g/mol. The fourth-order valence-electron chi connectivity index (χ4n) is 2.88. The van der Waals surface area contributed by atoms with Crippen molar-refractivity contribution in [1.82, 2.24) is 4.98 Å². The molecule has 6 heteroatoms. The van der Waals surface area contributed by atoms with E-state index in [0.717, 1.165) is 16.3 Å². The quantitative estimate of drug-likeness (QED) is 0.521. The van der Waals surface area contributed by atoms with Crippen molar-refractivity contribution in [3.8, 4) is 29.7 Å². The molecule has 1 heterocycles. The summed E-state index contributed by atoms with van der Waals surface area (Å²) < 4.78 is 5.86. The largest absolute Gasteiger partial charge is 0.436 e. The molecule has 130 valence electrons. The Kier molecular flexibility index (Phi) is 4.19. The molecule has 4 aromatic rings. The minimum Gasteiger partial charge on any atom is -0.436 e. The van der Waals surface area contributed by atoms with Crippen LogP contribution in [0.25, 0.3) is 33.3 Å². The van der Waals surface area contributed by atoms with Crippen LogP contribution in [0.15, 0.2) is 76.4 Å². The number of allylic oxidation sites excluding steroid dienone is 2. The van der Waals surface area contributed by atoms with Crippen molar-refractivity contribution in [2.75, 3.05) is 5.32 Å². The molecule has 0 saturated carbocycles. The Morgan fingerprint density at radius 1 is 0.857 bits per heavy atom. The number of oxazole rings is 1. The molecule has 0 aliphatic heterocycles. The lowest BCUT2D eigenvalue weighted by Gasteiger charge is -2.03. The van der Waals surface area contributed by atoms with E-state index in [1.165, 1.54) is 0 Å². The Morgan fingerprint density at radius 3 is 2.39 bits per heavy atom. The Labute approximate surface area is 160 Å². The third-order valence-corrected chi connectivity index (χ3v) is 4.24. The third kappa shape index (κ3) is 3.01. The van der Waals surface area contributed by atoms with Crippen molar-refractivity contribution < 1.29 is 4.42 Å². The lowest BCUT2D eigenvalue weighted by atomic mass is 10.1. The molecule has 0 spiro atoms. The van der Waals surface area contributed by atoms with Gasteiger partial charge < -0.3 is 9.73 Å². The van der Waals surface area contributed by atoms with Gasteiger partial charge in [-0.2, -0.15) is 15.8 Å². The summed E-state index contributed by atoms with van der Waals surface area (Å²) in [5.74, 6) is 0.490. The standard InChI is InChI=1S/C22H11N5O/c23-11-17(12-24)20(13-25)26-18-7-8-21-19(10-18)27-22(28-21)16-6-5-14-3-1-2-4-15(14)9-16/h1-10,26H. The van der Waals surface area contributed by atoms with E-state index in [2.05, 4.69) is 10.3 Å². The molecule has 1 N–H and O–H groups in total. The van der Waals surface area contributed by atoms with E-state index >= 15 is 0 Å². The van der Waals surface area contributed by atoms with Gasteiger partial charge in [0.25, 0.3) is 0 Å². The normalized spacial score (nSPS) is 10.0. The number of nitrogens with zero attached hydrogens (tertiary/aromatic N) is 4. The molecule has 1 aromatic heterocycles. The maximum atomic E-state index is 9.17. The molecule has 0 atom stereocenters. The molecule has 0 fully saturated rings. The number of fused-ring (bicyclic) bond motifs is 2. The van der Waals surface area contributed by atoms with Gasteiger partial charge in [-0.3, -0.25) is 0 Å². The fourth-order valence-corrected chi connectivity index (χ4v) is 2.88. The van der Waals surface area contributed by atoms with Crippen LogP contribution in [0.3, 0.4) is 0 Å². The first kappa shape index (κ1) is 16.8. The number of nitriles is 3. The van der Waals surface area contributed by atoms with Crippen molar-refractivity contribution in [2.45, 2.75) is 0 Å². The zero-order chi connectivity index (χ0) is 19.5. The fraction of sp³-hybridized carbons (Fsp3) is 0. The minimum absolute atomic E-state index is 0.109. The molecular weight excluding hydrogens is 350 g/mol. The highest BCUT2D eigenvalue weighted by atomic mass is 16.3. The van der Waals surface area contributed by atoms with Crippen LogP contribution >= 0.6 is 0 Å². The van der Waals surface area contributed by atoms with Gasteiger partial charge in [0.15, 0.2) is 11.2 Å². The van der Waals surface area contributed by atoms with Crippen molar-refractivity contribution in [2.24, 2.45) is 0 Å². The van der Waals surface area contributed by atoms with E-state index in [-0.39, 0.29) is 11.3 Å². The van der Waals surface area contributed by atoms with Crippen LogP contribution < -0.4 is 5.32 Å². The molecule has 0 bridgehead atoms. The lowest BCUT2D eigenvalue weighted by Crippen LogP contribution is -2.00. The number of anilines is 1. The van der Waals surface area contributed by atoms with Gasteiger partial charge in [-0.05, 0) is 41.1 Å². The van der Waals surface area contributed by atoms with E-state index in [1.807, 2.05) is 48.5 Å². The molecule has 3 aromatic carbocycles.